The third-order valence-corrected chi connectivity index (χ3v) is 3.73. The van der Waals surface area contributed by atoms with Gasteiger partial charge in [0.15, 0.2) is 0 Å². The fourth-order valence-corrected chi connectivity index (χ4v) is 2.51. The highest BCUT2D eigenvalue weighted by molar-refractivity contribution is 9.10. The number of nitrogens with zero attached hydrogens (tertiary/aromatic N) is 1. The van der Waals surface area contributed by atoms with E-state index in [0.717, 1.165) is 24.0 Å². The number of hydrogen-bond donors (Lipinski definition) is 2. The number of halogens is 1. The number of benzene rings is 1. The third kappa shape index (κ3) is 3.44. The molecule has 0 spiro atoms. The monoisotopic (exact) mass is 298 g/mol. The minimum atomic E-state index is 0.163. The van der Waals surface area contributed by atoms with E-state index < -0.39 is 0 Å². The number of rotatable bonds is 2. The molecule has 1 aliphatic heterocycles. The van der Waals surface area contributed by atoms with Gasteiger partial charge in [-0.2, -0.15) is 0 Å². The van der Waals surface area contributed by atoms with Crippen LogP contribution in [0, 0.1) is 0 Å². The van der Waals surface area contributed by atoms with Crippen LogP contribution in [0.3, 0.4) is 0 Å². The average Bonchev–Trinajstić information content (AvgIpc) is 2.52. The first-order valence-electron chi connectivity index (χ1n) is 6.06. The molecule has 0 bridgehead atoms. The lowest BCUT2D eigenvalue weighted by molar-refractivity contribution is 0.240. The molecule has 94 valence electrons. The number of nitrogens with one attached hydrogen (secondary N) is 1. The molecule has 0 radical (unpaired) electrons. The zero-order valence-electron chi connectivity index (χ0n) is 10.1. The third-order valence-electron chi connectivity index (χ3n) is 3.21. The molecule has 0 aromatic heterocycles. The van der Waals surface area contributed by atoms with E-state index in [4.69, 9.17) is 0 Å². The smallest absolute Gasteiger partial charge is 0.0602 e. The lowest BCUT2D eigenvalue weighted by Gasteiger charge is -2.25. The van der Waals surface area contributed by atoms with Gasteiger partial charge in [-0.1, -0.05) is 15.9 Å². The summed E-state index contributed by atoms with van der Waals surface area (Å²) in [7, 11) is 0. The van der Waals surface area contributed by atoms with Gasteiger partial charge in [0, 0.05) is 35.3 Å². The Bertz CT molecular complexity index is 355. The van der Waals surface area contributed by atoms with Crippen LogP contribution in [0.5, 0.6) is 0 Å². The summed E-state index contributed by atoms with van der Waals surface area (Å²) >= 11 is 3.45. The molecule has 1 aromatic rings. The maximum absolute atomic E-state index is 9.35. The summed E-state index contributed by atoms with van der Waals surface area (Å²) in [6.07, 6.45) is 1.10. The largest absolute Gasteiger partial charge is 0.395 e. The van der Waals surface area contributed by atoms with Gasteiger partial charge in [0.05, 0.1) is 6.61 Å². The van der Waals surface area contributed by atoms with Crippen molar-refractivity contribution < 1.29 is 5.11 Å². The molecule has 2 rings (SSSR count). The second kappa shape index (κ2) is 5.85. The molecular weight excluding hydrogens is 280 g/mol. The van der Waals surface area contributed by atoms with Crippen LogP contribution >= 0.6 is 15.9 Å². The Hall–Kier alpha value is -0.580. The maximum Gasteiger partial charge on any atom is 0.0602 e. The second-order valence-corrected chi connectivity index (χ2v) is 5.57. The number of aliphatic hydroxyl groups is 1. The molecule has 1 aliphatic rings. The topological polar surface area (TPSA) is 35.5 Å². The number of anilines is 1. The highest BCUT2D eigenvalue weighted by atomic mass is 79.9. The molecule has 2 atom stereocenters. The Balaban J connectivity index is 2.11. The summed E-state index contributed by atoms with van der Waals surface area (Å²) in [6.45, 7) is 4.26. The standard InChI is InChI=1S/C13H19BrN2O/c1-10-6-7-16(8-12(9-17)15-10)13-4-2-11(14)3-5-13/h2-5,10,12,15,17H,6-9H2,1H3. The van der Waals surface area contributed by atoms with Crippen molar-refractivity contribution in [3.8, 4) is 0 Å². The first kappa shape index (κ1) is 12.9. The van der Waals surface area contributed by atoms with Gasteiger partial charge in [-0.3, -0.25) is 0 Å². The van der Waals surface area contributed by atoms with Crippen LogP contribution in [0.15, 0.2) is 28.7 Å². The summed E-state index contributed by atoms with van der Waals surface area (Å²) in [5.41, 5.74) is 1.22. The van der Waals surface area contributed by atoms with Gasteiger partial charge in [0.25, 0.3) is 0 Å². The van der Waals surface area contributed by atoms with Crippen LogP contribution in [0.2, 0.25) is 0 Å². The van der Waals surface area contributed by atoms with Gasteiger partial charge in [0.2, 0.25) is 0 Å². The summed E-state index contributed by atoms with van der Waals surface area (Å²) in [4.78, 5) is 2.34. The van der Waals surface area contributed by atoms with Crippen LogP contribution in [0.4, 0.5) is 5.69 Å². The van der Waals surface area contributed by atoms with Crippen LogP contribution in [-0.2, 0) is 0 Å². The highest BCUT2D eigenvalue weighted by Crippen LogP contribution is 2.20. The minimum Gasteiger partial charge on any atom is -0.395 e. The molecule has 1 aromatic carbocycles. The Kier molecular flexibility index (Phi) is 4.42. The molecular formula is C13H19BrN2O. The predicted molar refractivity (Wildman–Crippen MR) is 74.4 cm³/mol. The summed E-state index contributed by atoms with van der Waals surface area (Å²) < 4.78 is 1.10. The van der Waals surface area contributed by atoms with E-state index in [1.807, 2.05) is 0 Å². The van der Waals surface area contributed by atoms with Crippen molar-refractivity contribution in [3.63, 3.8) is 0 Å². The molecule has 2 N–H and O–H groups in total. The lowest BCUT2D eigenvalue weighted by atomic mass is 10.2. The van der Waals surface area contributed by atoms with E-state index in [1.165, 1.54) is 5.69 Å². The summed E-state index contributed by atoms with van der Waals surface area (Å²) in [6, 6.07) is 8.99. The Morgan fingerprint density at radius 3 is 2.76 bits per heavy atom. The molecule has 1 saturated heterocycles. The SMILES string of the molecule is CC1CCN(c2ccc(Br)cc2)CC(CO)N1. The van der Waals surface area contributed by atoms with Crippen molar-refractivity contribution in [2.45, 2.75) is 25.4 Å². The summed E-state index contributed by atoms with van der Waals surface area (Å²) in [5.74, 6) is 0. The van der Waals surface area contributed by atoms with E-state index in [1.54, 1.807) is 0 Å². The van der Waals surface area contributed by atoms with E-state index >= 15 is 0 Å². The first-order valence-corrected chi connectivity index (χ1v) is 6.86. The fourth-order valence-electron chi connectivity index (χ4n) is 2.24. The molecule has 1 heterocycles. The molecule has 1 fully saturated rings. The molecule has 17 heavy (non-hydrogen) atoms. The highest BCUT2D eigenvalue weighted by Gasteiger charge is 2.20. The zero-order chi connectivity index (χ0) is 12.3. The van der Waals surface area contributed by atoms with E-state index in [9.17, 15) is 5.11 Å². The van der Waals surface area contributed by atoms with Crippen molar-refractivity contribution in [1.29, 1.82) is 0 Å². The number of hydrogen-bond acceptors (Lipinski definition) is 3. The van der Waals surface area contributed by atoms with Gasteiger partial charge in [0.1, 0.15) is 0 Å². The van der Waals surface area contributed by atoms with Gasteiger partial charge in [-0.25, -0.2) is 0 Å². The van der Waals surface area contributed by atoms with Gasteiger partial charge < -0.3 is 15.3 Å². The normalized spacial score (nSPS) is 25.7. The number of aliphatic hydroxyl groups excluding tert-OH is 1. The first-order chi connectivity index (χ1) is 8.19. The van der Waals surface area contributed by atoms with Crippen molar-refractivity contribution in [1.82, 2.24) is 5.32 Å². The van der Waals surface area contributed by atoms with Crippen molar-refractivity contribution in [3.05, 3.63) is 28.7 Å². The van der Waals surface area contributed by atoms with Crippen LogP contribution in [0.1, 0.15) is 13.3 Å². The van der Waals surface area contributed by atoms with Crippen LogP contribution in [-0.4, -0.2) is 36.9 Å². The Labute approximate surface area is 111 Å². The van der Waals surface area contributed by atoms with Crippen molar-refractivity contribution in [2.24, 2.45) is 0 Å². The summed E-state index contributed by atoms with van der Waals surface area (Å²) in [5, 5.41) is 12.8. The van der Waals surface area contributed by atoms with E-state index in [0.29, 0.717) is 6.04 Å². The maximum atomic E-state index is 9.35. The molecule has 3 nitrogen and oxygen atoms in total. The Morgan fingerprint density at radius 1 is 1.41 bits per heavy atom. The lowest BCUT2D eigenvalue weighted by Crippen LogP contribution is -2.42. The molecule has 4 heteroatoms. The van der Waals surface area contributed by atoms with Crippen LogP contribution < -0.4 is 10.2 Å². The fraction of sp³-hybridized carbons (Fsp3) is 0.538. The quantitative estimate of drug-likeness (QED) is 0.877. The molecule has 2 unspecified atom stereocenters. The van der Waals surface area contributed by atoms with Gasteiger partial charge >= 0.3 is 0 Å². The molecule has 0 amide bonds. The minimum absolute atomic E-state index is 0.163. The zero-order valence-corrected chi connectivity index (χ0v) is 11.7. The predicted octanol–water partition coefficient (Wildman–Crippen LogP) is 2.00. The Morgan fingerprint density at radius 2 is 2.12 bits per heavy atom. The van der Waals surface area contributed by atoms with Gasteiger partial charge in [-0.05, 0) is 37.6 Å². The van der Waals surface area contributed by atoms with Gasteiger partial charge in [-0.15, -0.1) is 0 Å². The molecule has 0 saturated carbocycles. The second-order valence-electron chi connectivity index (χ2n) is 4.66. The van der Waals surface area contributed by atoms with E-state index in [-0.39, 0.29) is 12.6 Å². The van der Waals surface area contributed by atoms with Crippen molar-refractivity contribution >= 4 is 21.6 Å². The van der Waals surface area contributed by atoms with Crippen molar-refractivity contribution in [2.75, 3.05) is 24.6 Å². The van der Waals surface area contributed by atoms with E-state index in [2.05, 4.69) is 57.3 Å². The average molecular weight is 299 g/mol. The molecule has 0 aliphatic carbocycles. The van der Waals surface area contributed by atoms with Crippen LogP contribution in [0.25, 0.3) is 0 Å².